The molecule has 1 heterocycles. The fourth-order valence-corrected chi connectivity index (χ4v) is 2.75. The fourth-order valence-electron chi connectivity index (χ4n) is 1.93. The summed E-state index contributed by atoms with van der Waals surface area (Å²) in [6.45, 7) is 0. The van der Waals surface area contributed by atoms with Crippen LogP contribution in [0.15, 0.2) is 42.5 Å². The summed E-state index contributed by atoms with van der Waals surface area (Å²) in [6.07, 6.45) is 0. The van der Waals surface area contributed by atoms with E-state index in [4.69, 9.17) is 10.8 Å². The molecule has 0 fully saturated rings. The standard InChI is InChI=1S/C14H10N2O2S/c15-12-11(14(17)18)16-13(19-12)10-6-5-8-3-1-2-4-9(8)7-10/h1-7H,15H2,(H,17,18). The maximum absolute atomic E-state index is 10.9. The Labute approximate surface area is 113 Å². The van der Waals surface area contributed by atoms with Crippen LogP contribution in [0.3, 0.4) is 0 Å². The minimum atomic E-state index is -1.10. The van der Waals surface area contributed by atoms with Crippen LogP contribution in [0.4, 0.5) is 5.00 Å². The first-order chi connectivity index (χ1) is 9.15. The molecule has 0 bridgehead atoms. The molecule has 0 saturated heterocycles. The Morgan fingerprint density at radius 1 is 1.16 bits per heavy atom. The van der Waals surface area contributed by atoms with Crippen molar-refractivity contribution in [2.45, 2.75) is 0 Å². The Hall–Kier alpha value is -2.40. The first-order valence-corrected chi connectivity index (χ1v) is 6.45. The van der Waals surface area contributed by atoms with E-state index in [2.05, 4.69) is 4.98 Å². The van der Waals surface area contributed by atoms with Gasteiger partial charge in [0.15, 0.2) is 5.69 Å². The van der Waals surface area contributed by atoms with Gasteiger partial charge < -0.3 is 10.8 Å². The van der Waals surface area contributed by atoms with Crippen LogP contribution in [0.2, 0.25) is 0 Å². The molecular formula is C14H10N2O2S. The van der Waals surface area contributed by atoms with Crippen molar-refractivity contribution in [3.63, 3.8) is 0 Å². The molecule has 0 atom stereocenters. The van der Waals surface area contributed by atoms with Crippen LogP contribution in [0.1, 0.15) is 10.5 Å². The summed E-state index contributed by atoms with van der Waals surface area (Å²) >= 11 is 1.19. The predicted molar refractivity (Wildman–Crippen MR) is 76.4 cm³/mol. The molecule has 0 radical (unpaired) electrons. The number of carboxylic acids is 1. The summed E-state index contributed by atoms with van der Waals surface area (Å²) in [4.78, 5) is 15.0. The number of carboxylic acid groups (broad SMARTS) is 1. The number of nitrogen functional groups attached to an aromatic ring is 1. The lowest BCUT2D eigenvalue weighted by Crippen LogP contribution is -2.00. The number of fused-ring (bicyclic) bond motifs is 1. The molecule has 0 aliphatic rings. The van der Waals surface area contributed by atoms with Crippen molar-refractivity contribution in [2.75, 3.05) is 5.73 Å². The average molecular weight is 270 g/mol. The highest BCUT2D eigenvalue weighted by Crippen LogP contribution is 2.31. The van der Waals surface area contributed by atoms with E-state index in [0.29, 0.717) is 5.01 Å². The Balaban J connectivity index is 2.13. The van der Waals surface area contributed by atoms with Crippen LogP contribution in [0.25, 0.3) is 21.3 Å². The van der Waals surface area contributed by atoms with Gasteiger partial charge >= 0.3 is 5.97 Å². The first-order valence-electron chi connectivity index (χ1n) is 5.64. The molecular weight excluding hydrogens is 260 g/mol. The Kier molecular flexibility index (Phi) is 2.68. The van der Waals surface area contributed by atoms with E-state index in [0.717, 1.165) is 16.3 Å². The third-order valence-electron chi connectivity index (χ3n) is 2.85. The number of hydrogen-bond acceptors (Lipinski definition) is 4. The van der Waals surface area contributed by atoms with Crippen molar-refractivity contribution < 1.29 is 9.90 Å². The summed E-state index contributed by atoms with van der Waals surface area (Å²) in [5, 5.41) is 12.0. The topological polar surface area (TPSA) is 76.2 Å². The van der Waals surface area contributed by atoms with Crippen LogP contribution >= 0.6 is 11.3 Å². The van der Waals surface area contributed by atoms with Gasteiger partial charge in [-0.2, -0.15) is 0 Å². The Morgan fingerprint density at radius 2 is 1.89 bits per heavy atom. The van der Waals surface area contributed by atoms with Crippen LogP contribution in [-0.2, 0) is 0 Å². The van der Waals surface area contributed by atoms with Crippen LogP contribution in [-0.4, -0.2) is 16.1 Å². The van der Waals surface area contributed by atoms with Gasteiger partial charge in [-0.25, -0.2) is 9.78 Å². The lowest BCUT2D eigenvalue weighted by molar-refractivity contribution is 0.0692. The fraction of sp³-hybridized carbons (Fsp3) is 0. The van der Waals surface area contributed by atoms with E-state index in [-0.39, 0.29) is 10.7 Å². The monoisotopic (exact) mass is 270 g/mol. The summed E-state index contributed by atoms with van der Waals surface area (Å²) in [7, 11) is 0. The SMILES string of the molecule is Nc1sc(-c2ccc3ccccc3c2)nc1C(=O)O. The minimum absolute atomic E-state index is 0.0758. The Bertz CT molecular complexity index is 780. The summed E-state index contributed by atoms with van der Waals surface area (Å²) < 4.78 is 0. The molecule has 94 valence electrons. The normalized spacial score (nSPS) is 10.7. The number of anilines is 1. The average Bonchev–Trinajstić information content (AvgIpc) is 2.80. The summed E-state index contributed by atoms with van der Waals surface area (Å²) in [5.41, 5.74) is 6.47. The molecule has 5 heteroatoms. The minimum Gasteiger partial charge on any atom is -0.476 e. The molecule has 3 aromatic rings. The molecule has 2 aromatic carbocycles. The smallest absolute Gasteiger partial charge is 0.357 e. The number of benzene rings is 2. The highest BCUT2D eigenvalue weighted by molar-refractivity contribution is 7.19. The molecule has 4 nitrogen and oxygen atoms in total. The van der Waals surface area contributed by atoms with Gasteiger partial charge in [-0.3, -0.25) is 0 Å². The summed E-state index contributed by atoms with van der Waals surface area (Å²) in [6, 6.07) is 13.9. The van der Waals surface area contributed by atoms with Gasteiger partial charge in [0.2, 0.25) is 0 Å². The number of nitrogens with zero attached hydrogens (tertiary/aromatic N) is 1. The summed E-state index contributed by atoms with van der Waals surface area (Å²) in [5.74, 6) is -1.10. The van der Waals surface area contributed by atoms with Crippen molar-refractivity contribution in [2.24, 2.45) is 0 Å². The number of hydrogen-bond donors (Lipinski definition) is 2. The molecule has 0 amide bonds. The maximum Gasteiger partial charge on any atom is 0.357 e. The van der Waals surface area contributed by atoms with Crippen molar-refractivity contribution in [1.29, 1.82) is 0 Å². The van der Waals surface area contributed by atoms with Crippen LogP contribution < -0.4 is 5.73 Å². The number of nitrogens with two attached hydrogens (primary N) is 1. The second-order valence-corrected chi connectivity index (χ2v) is 5.13. The van der Waals surface area contributed by atoms with Crippen molar-refractivity contribution in [3.05, 3.63) is 48.2 Å². The van der Waals surface area contributed by atoms with Gasteiger partial charge in [0.25, 0.3) is 0 Å². The number of aromatic nitrogens is 1. The molecule has 19 heavy (non-hydrogen) atoms. The molecule has 3 N–H and O–H groups in total. The van der Waals surface area contributed by atoms with E-state index < -0.39 is 5.97 Å². The number of aromatic carboxylic acids is 1. The lowest BCUT2D eigenvalue weighted by atomic mass is 10.1. The first kappa shape index (κ1) is 11.7. The second-order valence-electron chi connectivity index (χ2n) is 4.10. The predicted octanol–water partition coefficient (Wildman–Crippen LogP) is 3.24. The van der Waals surface area contributed by atoms with Gasteiger partial charge in [-0.15, -0.1) is 0 Å². The third kappa shape index (κ3) is 2.04. The lowest BCUT2D eigenvalue weighted by Gasteiger charge is -2.00. The third-order valence-corrected chi connectivity index (χ3v) is 3.79. The molecule has 0 spiro atoms. The molecule has 0 aliphatic carbocycles. The van der Waals surface area contributed by atoms with E-state index in [1.165, 1.54) is 11.3 Å². The zero-order valence-corrected chi connectivity index (χ0v) is 10.6. The molecule has 0 unspecified atom stereocenters. The zero-order valence-electron chi connectivity index (χ0n) is 9.83. The van der Waals surface area contributed by atoms with Crippen LogP contribution in [0.5, 0.6) is 0 Å². The highest BCUT2D eigenvalue weighted by atomic mass is 32.1. The quantitative estimate of drug-likeness (QED) is 0.749. The molecule has 0 aliphatic heterocycles. The highest BCUT2D eigenvalue weighted by Gasteiger charge is 2.15. The Morgan fingerprint density at radius 3 is 2.58 bits per heavy atom. The molecule has 0 saturated carbocycles. The largest absolute Gasteiger partial charge is 0.476 e. The number of thiazole rings is 1. The van der Waals surface area contributed by atoms with Crippen molar-refractivity contribution in [3.8, 4) is 10.6 Å². The van der Waals surface area contributed by atoms with Gasteiger partial charge in [0, 0.05) is 5.56 Å². The second kappa shape index (κ2) is 4.37. The van der Waals surface area contributed by atoms with E-state index in [9.17, 15) is 4.79 Å². The molecule has 1 aromatic heterocycles. The van der Waals surface area contributed by atoms with Gasteiger partial charge in [0.05, 0.1) is 0 Å². The van der Waals surface area contributed by atoms with Crippen molar-refractivity contribution in [1.82, 2.24) is 4.98 Å². The maximum atomic E-state index is 10.9. The van der Waals surface area contributed by atoms with Gasteiger partial charge in [0.1, 0.15) is 10.0 Å². The van der Waals surface area contributed by atoms with Gasteiger partial charge in [-0.1, -0.05) is 47.7 Å². The van der Waals surface area contributed by atoms with Crippen molar-refractivity contribution >= 4 is 33.1 Å². The molecule has 3 rings (SSSR count). The zero-order chi connectivity index (χ0) is 13.4. The number of rotatable bonds is 2. The number of carbonyl (C=O) groups is 1. The van der Waals surface area contributed by atoms with E-state index in [1.54, 1.807) is 0 Å². The van der Waals surface area contributed by atoms with E-state index in [1.807, 2.05) is 42.5 Å². The van der Waals surface area contributed by atoms with Gasteiger partial charge in [-0.05, 0) is 16.8 Å². The van der Waals surface area contributed by atoms with Crippen LogP contribution in [0, 0.1) is 0 Å². The van der Waals surface area contributed by atoms with E-state index >= 15 is 0 Å².